The first kappa shape index (κ1) is 15.5. The molecular weight excluding hydrogens is 282 g/mol. The number of aromatic nitrogens is 1. The van der Waals surface area contributed by atoms with Gasteiger partial charge in [0.15, 0.2) is 0 Å². The predicted molar refractivity (Wildman–Crippen MR) is 88.0 cm³/mol. The highest BCUT2D eigenvalue weighted by atomic mass is 32.1. The number of anilines is 1. The molecule has 0 aliphatic carbocycles. The van der Waals surface area contributed by atoms with Crippen molar-refractivity contribution in [3.05, 3.63) is 46.3 Å². The van der Waals surface area contributed by atoms with Crippen molar-refractivity contribution in [1.82, 2.24) is 10.3 Å². The molecule has 2 rings (SSSR count). The summed E-state index contributed by atoms with van der Waals surface area (Å²) in [5.74, 6) is 0.730. The molecule has 2 aromatic rings. The summed E-state index contributed by atoms with van der Waals surface area (Å²) in [6.07, 6.45) is 3.52. The van der Waals surface area contributed by atoms with Gasteiger partial charge in [0.05, 0.1) is 5.56 Å². The number of nitrogens with one attached hydrogen (secondary N) is 2. The maximum absolute atomic E-state index is 12.1. The van der Waals surface area contributed by atoms with Crippen LogP contribution in [0.3, 0.4) is 0 Å². The van der Waals surface area contributed by atoms with Crippen molar-refractivity contribution in [3.8, 4) is 0 Å². The van der Waals surface area contributed by atoms with Gasteiger partial charge in [0, 0.05) is 30.1 Å². The van der Waals surface area contributed by atoms with E-state index >= 15 is 0 Å². The summed E-state index contributed by atoms with van der Waals surface area (Å²) in [6, 6.07) is 7.87. The molecule has 0 aliphatic rings. The van der Waals surface area contributed by atoms with Gasteiger partial charge < -0.3 is 10.6 Å². The Kier molecular flexibility index (Phi) is 5.75. The average molecular weight is 303 g/mol. The van der Waals surface area contributed by atoms with E-state index in [0.717, 1.165) is 25.2 Å². The van der Waals surface area contributed by atoms with Crippen LogP contribution >= 0.6 is 11.3 Å². The zero-order chi connectivity index (χ0) is 15.1. The summed E-state index contributed by atoms with van der Waals surface area (Å²) in [5.41, 5.74) is 0.593. The van der Waals surface area contributed by atoms with Crippen molar-refractivity contribution in [1.29, 1.82) is 0 Å². The lowest BCUT2D eigenvalue weighted by molar-refractivity contribution is 0.0940. The zero-order valence-electron chi connectivity index (χ0n) is 12.4. The molecule has 0 bridgehead atoms. The van der Waals surface area contributed by atoms with E-state index in [1.807, 2.05) is 19.1 Å². The maximum Gasteiger partial charge on any atom is 0.253 e. The number of hydrogen-bond acceptors (Lipinski definition) is 4. The van der Waals surface area contributed by atoms with Gasteiger partial charge in [0.25, 0.3) is 5.91 Å². The van der Waals surface area contributed by atoms with Crippen molar-refractivity contribution in [2.75, 3.05) is 11.9 Å². The fourth-order valence-electron chi connectivity index (χ4n) is 1.97. The quantitative estimate of drug-likeness (QED) is 0.825. The molecule has 0 spiro atoms. The Morgan fingerprint density at radius 3 is 2.86 bits per heavy atom. The van der Waals surface area contributed by atoms with E-state index in [1.54, 1.807) is 23.6 Å². The standard InChI is InChI=1S/C16H21N3OS/c1-3-8-17-15-7-6-13(11-18-15)16(20)19-12(2)10-14-5-4-9-21-14/h4-7,9,11-12H,3,8,10H2,1-2H3,(H,17,18)(H,19,20). The largest absolute Gasteiger partial charge is 0.370 e. The normalized spacial score (nSPS) is 11.9. The van der Waals surface area contributed by atoms with Gasteiger partial charge in [0.2, 0.25) is 0 Å². The molecule has 1 amide bonds. The molecule has 5 heteroatoms. The number of hydrogen-bond donors (Lipinski definition) is 2. The third kappa shape index (κ3) is 4.86. The van der Waals surface area contributed by atoms with Crippen LogP contribution in [0.1, 0.15) is 35.5 Å². The molecule has 2 N–H and O–H groups in total. The number of nitrogens with zero attached hydrogens (tertiary/aromatic N) is 1. The van der Waals surface area contributed by atoms with Gasteiger partial charge in [-0.05, 0) is 36.9 Å². The first-order chi connectivity index (χ1) is 10.2. The van der Waals surface area contributed by atoms with Crippen LogP contribution < -0.4 is 10.6 Å². The molecule has 1 atom stereocenters. The van der Waals surface area contributed by atoms with E-state index in [4.69, 9.17) is 0 Å². The second-order valence-electron chi connectivity index (χ2n) is 5.02. The molecule has 0 aromatic carbocycles. The Balaban J connectivity index is 1.87. The van der Waals surface area contributed by atoms with Crippen LogP contribution in [-0.2, 0) is 6.42 Å². The summed E-state index contributed by atoms with van der Waals surface area (Å²) in [5, 5.41) is 8.25. The number of rotatable bonds is 7. The van der Waals surface area contributed by atoms with Crippen molar-refractivity contribution >= 4 is 23.1 Å². The van der Waals surface area contributed by atoms with Gasteiger partial charge in [-0.25, -0.2) is 4.98 Å². The molecule has 0 saturated heterocycles. The number of carbonyl (C=O) groups excluding carboxylic acids is 1. The minimum Gasteiger partial charge on any atom is -0.370 e. The highest BCUT2D eigenvalue weighted by Crippen LogP contribution is 2.11. The van der Waals surface area contributed by atoms with Crippen molar-refractivity contribution < 1.29 is 4.79 Å². The lowest BCUT2D eigenvalue weighted by atomic mass is 10.2. The van der Waals surface area contributed by atoms with Crippen LogP contribution in [0.4, 0.5) is 5.82 Å². The molecular formula is C16H21N3OS. The van der Waals surface area contributed by atoms with Gasteiger partial charge in [-0.2, -0.15) is 0 Å². The highest BCUT2D eigenvalue weighted by molar-refractivity contribution is 7.09. The van der Waals surface area contributed by atoms with E-state index in [1.165, 1.54) is 4.88 Å². The van der Waals surface area contributed by atoms with Gasteiger partial charge in [-0.1, -0.05) is 13.0 Å². The van der Waals surface area contributed by atoms with E-state index in [2.05, 4.69) is 34.0 Å². The Morgan fingerprint density at radius 2 is 2.24 bits per heavy atom. The first-order valence-corrected chi connectivity index (χ1v) is 8.10. The molecule has 1 unspecified atom stereocenters. The maximum atomic E-state index is 12.1. The molecule has 0 aliphatic heterocycles. The molecule has 0 saturated carbocycles. The summed E-state index contributed by atoms with van der Waals surface area (Å²) in [6.45, 7) is 5.00. The van der Waals surface area contributed by atoms with Crippen LogP contribution in [-0.4, -0.2) is 23.5 Å². The first-order valence-electron chi connectivity index (χ1n) is 7.22. The Bertz CT molecular complexity index is 551. The fraction of sp³-hybridized carbons (Fsp3) is 0.375. The third-order valence-corrected chi connectivity index (χ3v) is 3.95. The SMILES string of the molecule is CCCNc1ccc(C(=O)NC(C)Cc2cccs2)cn1. The molecule has 0 radical (unpaired) electrons. The van der Waals surface area contributed by atoms with Crippen LogP contribution in [0.25, 0.3) is 0 Å². The highest BCUT2D eigenvalue weighted by Gasteiger charge is 2.11. The summed E-state index contributed by atoms with van der Waals surface area (Å²) in [7, 11) is 0. The monoisotopic (exact) mass is 303 g/mol. The molecule has 2 heterocycles. The van der Waals surface area contributed by atoms with E-state index in [9.17, 15) is 4.79 Å². The third-order valence-electron chi connectivity index (χ3n) is 3.05. The van der Waals surface area contributed by atoms with Gasteiger partial charge >= 0.3 is 0 Å². The number of amides is 1. The Labute approximate surface area is 129 Å². The predicted octanol–water partition coefficient (Wildman–Crippen LogP) is 3.33. The minimum absolute atomic E-state index is 0.0754. The lowest BCUT2D eigenvalue weighted by Gasteiger charge is -2.13. The van der Waals surface area contributed by atoms with Crippen LogP contribution in [0.15, 0.2) is 35.8 Å². The molecule has 4 nitrogen and oxygen atoms in total. The van der Waals surface area contributed by atoms with Crippen molar-refractivity contribution in [3.63, 3.8) is 0 Å². The number of thiophene rings is 1. The van der Waals surface area contributed by atoms with Gasteiger partial charge in [-0.3, -0.25) is 4.79 Å². The van der Waals surface area contributed by atoms with Crippen LogP contribution in [0, 0.1) is 0 Å². The van der Waals surface area contributed by atoms with E-state index in [-0.39, 0.29) is 11.9 Å². The average Bonchev–Trinajstić information content (AvgIpc) is 2.98. The Morgan fingerprint density at radius 1 is 1.38 bits per heavy atom. The molecule has 112 valence electrons. The van der Waals surface area contributed by atoms with E-state index < -0.39 is 0 Å². The lowest BCUT2D eigenvalue weighted by Crippen LogP contribution is -2.33. The summed E-state index contributed by atoms with van der Waals surface area (Å²) < 4.78 is 0. The molecule has 21 heavy (non-hydrogen) atoms. The topological polar surface area (TPSA) is 54.0 Å². The second-order valence-corrected chi connectivity index (χ2v) is 6.05. The summed E-state index contributed by atoms with van der Waals surface area (Å²) >= 11 is 1.71. The fourth-order valence-corrected chi connectivity index (χ4v) is 2.81. The second kappa shape index (κ2) is 7.78. The van der Waals surface area contributed by atoms with Crippen molar-refractivity contribution in [2.45, 2.75) is 32.7 Å². The summed E-state index contributed by atoms with van der Waals surface area (Å²) in [4.78, 5) is 17.7. The van der Waals surface area contributed by atoms with Crippen LogP contribution in [0.2, 0.25) is 0 Å². The molecule has 0 fully saturated rings. The number of carbonyl (C=O) groups is 1. The smallest absolute Gasteiger partial charge is 0.253 e. The molecule has 2 aromatic heterocycles. The van der Waals surface area contributed by atoms with Crippen LogP contribution in [0.5, 0.6) is 0 Å². The minimum atomic E-state index is -0.0754. The number of pyridine rings is 1. The van der Waals surface area contributed by atoms with Gasteiger partial charge in [-0.15, -0.1) is 11.3 Å². The zero-order valence-corrected chi connectivity index (χ0v) is 13.2. The van der Waals surface area contributed by atoms with E-state index in [0.29, 0.717) is 5.56 Å². The Hall–Kier alpha value is -1.88. The van der Waals surface area contributed by atoms with Crippen molar-refractivity contribution in [2.24, 2.45) is 0 Å². The van der Waals surface area contributed by atoms with Gasteiger partial charge in [0.1, 0.15) is 5.82 Å².